The predicted octanol–water partition coefficient (Wildman–Crippen LogP) is 3.52. The third kappa shape index (κ3) is 3.03. The first-order valence-electron chi connectivity index (χ1n) is 6.14. The highest BCUT2D eigenvalue weighted by Crippen LogP contribution is 2.32. The minimum atomic E-state index is 0.233. The molecule has 1 saturated carbocycles. The van der Waals surface area contributed by atoms with Gasteiger partial charge in [0, 0.05) is 6.20 Å². The van der Waals surface area contributed by atoms with E-state index in [1.54, 1.807) is 12.3 Å². The molecule has 0 spiro atoms. The molecule has 3 nitrogen and oxygen atoms in total. The zero-order valence-electron chi connectivity index (χ0n) is 10.3. The van der Waals surface area contributed by atoms with Gasteiger partial charge in [0.25, 0.3) is 0 Å². The van der Waals surface area contributed by atoms with Gasteiger partial charge < -0.3 is 10.5 Å². The smallest absolute Gasteiger partial charge is 0.237 e. The van der Waals surface area contributed by atoms with E-state index in [4.69, 9.17) is 22.1 Å². The van der Waals surface area contributed by atoms with Crippen molar-refractivity contribution >= 4 is 17.3 Å². The van der Waals surface area contributed by atoms with E-state index in [1.807, 2.05) is 0 Å². The van der Waals surface area contributed by atoms with Crippen molar-refractivity contribution in [1.82, 2.24) is 4.98 Å². The lowest BCUT2D eigenvalue weighted by Gasteiger charge is -2.32. The Balaban J connectivity index is 2.01. The molecule has 3 atom stereocenters. The highest BCUT2D eigenvalue weighted by atomic mass is 35.5. The van der Waals surface area contributed by atoms with Gasteiger partial charge in [-0.05, 0) is 37.2 Å². The molecule has 0 amide bonds. The maximum Gasteiger partial charge on any atom is 0.237 e. The molecule has 17 heavy (non-hydrogen) atoms. The van der Waals surface area contributed by atoms with Gasteiger partial charge >= 0.3 is 0 Å². The first-order valence-corrected chi connectivity index (χ1v) is 6.51. The van der Waals surface area contributed by atoms with Crippen molar-refractivity contribution in [3.63, 3.8) is 0 Å². The highest BCUT2D eigenvalue weighted by Gasteiger charge is 2.26. The van der Waals surface area contributed by atoms with Crippen LogP contribution < -0.4 is 10.5 Å². The average Bonchev–Trinajstić information content (AvgIpc) is 2.27. The van der Waals surface area contributed by atoms with E-state index in [0.717, 1.165) is 18.8 Å². The maximum atomic E-state index is 5.87. The fraction of sp³-hybridized carbons (Fsp3) is 0.615. The van der Waals surface area contributed by atoms with Crippen molar-refractivity contribution in [2.24, 2.45) is 11.8 Å². The predicted molar refractivity (Wildman–Crippen MR) is 70.3 cm³/mol. The molecule has 3 unspecified atom stereocenters. The van der Waals surface area contributed by atoms with Gasteiger partial charge in [0.05, 0.1) is 10.7 Å². The highest BCUT2D eigenvalue weighted by molar-refractivity contribution is 6.30. The van der Waals surface area contributed by atoms with Crippen molar-refractivity contribution in [2.75, 3.05) is 5.73 Å². The Hall–Kier alpha value is -0.960. The first kappa shape index (κ1) is 12.5. The number of nitrogens with zero attached hydrogens (tertiary/aromatic N) is 1. The van der Waals surface area contributed by atoms with Crippen molar-refractivity contribution in [2.45, 2.75) is 39.2 Å². The molecule has 94 valence electrons. The Labute approximate surface area is 107 Å². The summed E-state index contributed by atoms with van der Waals surface area (Å²) in [5.74, 6) is 1.99. The monoisotopic (exact) mass is 254 g/mol. The summed E-state index contributed by atoms with van der Waals surface area (Å²) in [6.07, 6.45) is 5.17. The molecule has 1 aliphatic carbocycles. The standard InChI is InChI=1S/C13H19ClN2O/c1-8-3-4-11(5-9(8)2)17-13-12(15)6-10(14)7-16-13/h6-9,11H,3-5,15H2,1-2H3. The van der Waals surface area contributed by atoms with E-state index in [-0.39, 0.29) is 6.10 Å². The fourth-order valence-corrected chi connectivity index (χ4v) is 2.47. The molecule has 2 rings (SSSR count). The zero-order valence-corrected chi connectivity index (χ0v) is 11.1. The third-order valence-corrected chi connectivity index (χ3v) is 3.88. The molecule has 1 aliphatic rings. The Morgan fingerprint density at radius 3 is 2.76 bits per heavy atom. The van der Waals surface area contributed by atoms with Gasteiger partial charge in [0.1, 0.15) is 6.10 Å². The van der Waals surface area contributed by atoms with Crippen LogP contribution in [0.3, 0.4) is 0 Å². The second-order valence-corrected chi connectivity index (χ2v) is 5.49. The van der Waals surface area contributed by atoms with Crippen LogP contribution in [0.15, 0.2) is 12.3 Å². The second-order valence-electron chi connectivity index (χ2n) is 5.06. The van der Waals surface area contributed by atoms with Crippen LogP contribution in [0, 0.1) is 11.8 Å². The summed E-state index contributed by atoms with van der Waals surface area (Å²) in [6, 6.07) is 1.68. The Kier molecular flexibility index (Phi) is 3.77. The van der Waals surface area contributed by atoms with Gasteiger partial charge in [0.15, 0.2) is 0 Å². The van der Waals surface area contributed by atoms with Gasteiger partial charge in [0.2, 0.25) is 5.88 Å². The number of ether oxygens (including phenoxy) is 1. The normalized spacial score (nSPS) is 29.0. The van der Waals surface area contributed by atoms with E-state index in [9.17, 15) is 0 Å². The quantitative estimate of drug-likeness (QED) is 0.879. The minimum absolute atomic E-state index is 0.233. The van der Waals surface area contributed by atoms with Gasteiger partial charge in [-0.15, -0.1) is 0 Å². The number of nitrogen functional groups attached to an aromatic ring is 1. The van der Waals surface area contributed by atoms with Crippen LogP contribution in [-0.4, -0.2) is 11.1 Å². The molecule has 0 radical (unpaired) electrons. The number of rotatable bonds is 2. The van der Waals surface area contributed by atoms with Gasteiger partial charge in [-0.2, -0.15) is 0 Å². The van der Waals surface area contributed by atoms with E-state index < -0.39 is 0 Å². The lowest BCUT2D eigenvalue weighted by Crippen LogP contribution is -2.29. The molecule has 0 aromatic carbocycles. The van der Waals surface area contributed by atoms with Crippen molar-refractivity contribution in [1.29, 1.82) is 0 Å². The third-order valence-electron chi connectivity index (χ3n) is 3.67. The largest absolute Gasteiger partial charge is 0.473 e. The van der Waals surface area contributed by atoms with E-state index >= 15 is 0 Å². The topological polar surface area (TPSA) is 48.1 Å². The number of aromatic nitrogens is 1. The van der Waals surface area contributed by atoms with E-state index in [2.05, 4.69) is 18.8 Å². The Morgan fingerprint density at radius 2 is 2.12 bits per heavy atom. The van der Waals surface area contributed by atoms with Crippen LogP contribution in [0.5, 0.6) is 5.88 Å². The van der Waals surface area contributed by atoms with Crippen LogP contribution in [0.1, 0.15) is 33.1 Å². The Morgan fingerprint density at radius 1 is 1.35 bits per heavy atom. The first-order chi connectivity index (χ1) is 8.06. The number of halogens is 1. The molecule has 1 aromatic heterocycles. The second kappa shape index (κ2) is 5.13. The van der Waals surface area contributed by atoms with E-state index in [0.29, 0.717) is 22.5 Å². The summed E-state index contributed by atoms with van der Waals surface area (Å²) in [5.41, 5.74) is 6.35. The summed E-state index contributed by atoms with van der Waals surface area (Å²) >= 11 is 5.80. The SMILES string of the molecule is CC1CCC(Oc2ncc(Cl)cc2N)CC1C. The van der Waals surface area contributed by atoms with Crippen LogP contribution in [-0.2, 0) is 0 Å². The van der Waals surface area contributed by atoms with Crippen LogP contribution in [0.4, 0.5) is 5.69 Å². The number of hydrogen-bond donors (Lipinski definition) is 1. The fourth-order valence-electron chi connectivity index (χ4n) is 2.30. The number of hydrogen-bond acceptors (Lipinski definition) is 3. The van der Waals surface area contributed by atoms with Crippen molar-refractivity contribution < 1.29 is 4.74 Å². The summed E-state index contributed by atoms with van der Waals surface area (Å²) < 4.78 is 5.87. The lowest BCUT2D eigenvalue weighted by molar-refractivity contribution is 0.0972. The van der Waals surface area contributed by atoms with Crippen molar-refractivity contribution in [3.8, 4) is 5.88 Å². The number of nitrogens with two attached hydrogens (primary N) is 1. The van der Waals surface area contributed by atoms with Crippen LogP contribution in [0.25, 0.3) is 0 Å². The molecule has 1 aromatic rings. The van der Waals surface area contributed by atoms with Gasteiger partial charge in [-0.1, -0.05) is 25.4 Å². The molecule has 0 saturated heterocycles. The molecule has 0 aliphatic heterocycles. The molecule has 2 N–H and O–H groups in total. The minimum Gasteiger partial charge on any atom is -0.473 e. The summed E-state index contributed by atoms with van der Waals surface area (Å²) in [6.45, 7) is 4.58. The Bertz CT molecular complexity index is 397. The molecular formula is C13H19ClN2O. The van der Waals surface area contributed by atoms with Gasteiger partial charge in [-0.25, -0.2) is 4.98 Å². The molecule has 0 bridgehead atoms. The average molecular weight is 255 g/mol. The number of pyridine rings is 1. The van der Waals surface area contributed by atoms with Gasteiger partial charge in [-0.3, -0.25) is 0 Å². The molecule has 1 heterocycles. The van der Waals surface area contributed by atoms with Crippen molar-refractivity contribution in [3.05, 3.63) is 17.3 Å². The van der Waals surface area contributed by atoms with E-state index in [1.165, 1.54) is 6.42 Å². The maximum absolute atomic E-state index is 5.87. The lowest BCUT2D eigenvalue weighted by atomic mass is 9.80. The molecule has 1 fully saturated rings. The summed E-state index contributed by atoms with van der Waals surface area (Å²) in [4.78, 5) is 4.14. The number of anilines is 1. The molecular weight excluding hydrogens is 236 g/mol. The zero-order chi connectivity index (χ0) is 12.4. The summed E-state index contributed by atoms with van der Waals surface area (Å²) in [7, 11) is 0. The van der Waals surface area contributed by atoms with Crippen LogP contribution >= 0.6 is 11.6 Å². The molecule has 4 heteroatoms. The summed E-state index contributed by atoms with van der Waals surface area (Å²) in [5, 5.41) is 0.542. The van der Waals surface area contributed by atoms with Crippen LogP contribution in [0.2, 0.25) is 5.02 Å².